The molecule has 0 aliphatic carbocycles. The standard InChI is InChI=1S/C11H8BrN3S/c1-7-4-8(12)2-3-10(7)15-11-14-6-9(5-13)16-11/h2-4,6H,1H3,(H,14,15). The SMILES string of the molecule is Cc1cc(Br)ccc1Nc1ncc(C#N)s1. The number of rotatable bonds is 2. The fraction of sp³-hybridized carbons (Fsp3) is 0.0909. The molecule has 0 saturated carbocycles. The van der Waals surface area contributed by atoms with Crippen molar-refractivity contribution in [3.63, 3.8) is 0 Å². The smallest absolute Gasteiger partial charge is 0.188 e. The Bertz CT molecular complexity index is 557. The first-order valence-electron chi connectivity index (χ1n) is 4.58. The molecule has 0 saturated heterocycles. The number of halogens is 1. The Kier molecular flexibility index (Phi) is 3.22. The molecule has 0 fully saturated rings. The van der Waals surface area contributed by atoms with Crippen LogP contribution in [0.2, 0.25) is 0 Å². The highest BCUT2D eigenvalue weighted by molar-refractivity contribution is 9.10. The molecule has 1 aromatic heterocycles. The zero-order valence-electron chi connectivity index (χ0n) is 8.49. The van der Waals surface area contributed by atoms with Crippen LogP contribution in [0, 0.1) is 18.3 Å². The molecule has 0 amide bonds. The van der Waals surface area contributed by atoms with E-state index in [-0.39, 0.29) is 0 Å². The van der Waals surface area contributed by atoms with Crippen LogP contribution in [-0.2, 0) is 0 Å². The van der Waals surface area contributed by atoms with Crippen LogP contribution in [0.3, 0.4) is 0 Å². The van der Waals surface area contributed by atoms with E-state index in [1.54, 1.807) is 6.20 Å². The monoisotopic (exact) mass is 293 g/mol. The third-order valence-electron chi connectivity index (χ3n) is 2.05. The number of nitrogens with zero attached hydrogens (tertiary/aromatic N) is 2. The zero-order chi connectivity index (χ0) is 11.5. The molecular weight excluding hydrogens is 286 g/mol. The van der Waals surface area contributed by atoms with Crippen molar-refractivity contribution >= 4 is 38.1 Å². The van der Waals surface area contributed by atoms with Gasteiger partial charge in [0.15, 0.2) is 5.13 Å². The van der Waals surface area contributed by atoms with Crippen LogP contribution < -0.4 is 5.32 Å². The van der Waals surface area contributed by atoms with Crippen molar-refractivity contribution in [2.45, 2.75) is 6.92 Å². The normalized spacial score (nSPS) is 9.81. The van der Waals surface area contributed by atoms with Gasteiger partial charge in [0.05, 0.1) is 6.20 Å². The van der Waals surface area contributed by atoms with E-state index >= 15 is 0 Å². The van der Waals surface area contributed by atoms with Crippen molar-refractivity contribution in [2.75, 3.05) is 5.32 Å². The highest BCUT2D eigenvalue weighted by atomic mass is 79.9. The van der Waals surface area contributed by atoms with Crippen molar-refractivity contribution in [3.8, 4) is 6.07 Å². The molecule has 0 atom stereocenters. The van der Waals surface area contributed by atoms with E-state index in [4.69, 9.17) is 5.26 Å². The number of anilines is 2. The van der Waals surface area contributed by atoms with Crippen molar-refractivity contribution in [3.05, 3.63) is 39.3 Å². The number of thiazole rings is 1. The maximum atomic E-state index is 8.69. The van der Waals surface area contributed by atoms with Crippen LogP contribution >= 0.6 is 27.3 Å². The lowest BCUT2D eigenvalue weighted by Gasteiger charge is -2.06. The summed E-state index contributed by atoms with van der Waals surface area (Å²) in [6, 6.07) is 8.04. The molecule has 0 aliphatic rings. The predicted octanol–water partition coefficient (Wildman–Crippen LogP) is 3.83. The summed E-state index contributed by atoms with van der Waals surface area (Å²) in [5, 5.41) is 12.6. The van der Waals surface area contributed by atoms with Gasteiger partial charge in [0, 0.05) is 10.2 Å². The molecule has 2 aromatic rings. The summed E-state index contributed by atoms with van der Waals surface area (Å²) < 4.78 is 1.05. The van der Waals surface area contributed by atoms with Crippen LogP contribution in [0.4, 0.5) is 10.8 Å². The second kappa shape index (κ2) is 4.64. The largest absolute Gasteiger partial charge is 0.331 e. The molecule has 80 valence electrons. The topological polar surface area (TPSA) is 48.7 Å². The first-order valence-corrected chi connectivity index (χ1v) is 6.19. The lowest BCUT2D eigenvalue weighted by atomic mass is 10.2. The maximum absolute atomic E-state index is 8.69. The summed E-state index contributed by atoms with van der Waals surface area (Å²) in [4.78, 5) is 4.73. The van der Waals surface area contributed by atoms with E-state index in [0.29, 0.717) is 4.88 Å². The number of hydrogen-bond acceptors (Lipinski definition) is 4. The molecule has 5 heteroatoms. The van der Waals surface area contributed by atoms with Crippen LogP contribution in [-0.4, -0.2) is 4.98 Å². The summed E-state index contributed by atoms with van der Waals surface area (Å²) in [6.07, 6.45) is 1.57. The Labute approximate surface area is 106 Å². The average Bonchev–Trinajstić information content (AvgIpc) is 2.70. The Morgan fingerprint density at radius 1 is 1.50 bits per heavy atom. The van der Waals surface area contributed by atoms with Crippen molar-refractivity contribution in [2.24, 2.45) is 0 Å². The molecule has 0 spiro atoms. The summed E-state index contributed by atoms with van der Waals surface area (Å²) in [5.74, 6) is 0. The van der Waals surface area contributed by atoms with Crippen LogP contribution in [0.25, 0.3) is 0 Å². The van der Waals surface area contributed by atoms with Gasteiger partial charge in [-0.15, -0.1) is 0 Å². The molecule has 3 nitrogen and oxygen atoms in total. The van der Waals surface area contributed by atoms with Gasteiger partial charge in [-0.2, -0.15) is 5.26 Å². The molecule has 16 heavy (non-hydrogen) atoms. The van der Waals surface area contributed by atoms with Crippen molar-refractivity contribution in [1.29, 1.82) is 5.26 Å². The van der Waals surface area contributed by atoms with Gasteiger partial charge in [-0.25, -0.2) is 4.98 Å². The first kappa shape index (κ1) is 11.1. The molecule has 0 radical (unpaired) electrons. The second-order valence-corrected chi connectivity index (χ2v) is 5.17. The number of hydrogen-bond donors (Lipinski definition) is 1. The molecule has 2 rings (SSSR count). The molecule has 1 aromatic carbocycles. The van der Waals surface area contributed by atoms with E-state index in [9.17, 15) is 0 Å². The van der Waals surface area contributed by atoms with Gasteiger partial charge < -0.3 is 5.32 Å². The number of aryl methyl sites for hydroxylation is 1. The van der Waals surface area contributed by atoms with E-state index < -0.39 is 0 Å². The Balaban J connectivity index is 2.24. The summed E-state index contributed by atoms with van der Waals surface area (Å²) in [6.45, 7) is 2.02. The van der Waals surface area contributed by atoms with Gasteiger partial charge in [0.1, 0.15) is 10.9 Å². The summed E-state index contributed by atoms with van der Waals surface area (Å²) in [7, 11) is 0. The lowest BCUT2D eigenvalue weighted by Crippen LogP contribution is -1.91. The number of nitrogens with one attached hydrogen (secondary N) is 1. The second-order valence-electron chi connectivity index (χ2n) is 3.23. The Hall–Kier alpha value is -1.38. The summed E-state index contributed by atoms with van der Waals surface area (Å²) >= 11 is 4.76. The molecular formula is C11H8BrN3S. The van der Waals surface area contributed by atoms with Gasteiger partial charge >= 0.3 is 0 Å². The number of benzene rings is 1. The van der Waals surface area contributed by atoms with Crippen LogP contribution in [0.15, 0.2) is 28.9 Å². The summed E-state index contributed by atoms with van der Waals surface area (Å²) in [5.41, 5.74) is 2.13. The van der Waals surface area contributed by atoms with Gasteiger partial charge in [-0.1, -0.05) is 27.3 Å². The van der Waals surface area contributed by atoms with E-state index in [1.807, 2.05) is 25.1 Å². The van der Waals surface area contributed by atoms with E-state index in [0.717, 1.165) is 20.9 Å². The maximum Gasteiger partial charge on any atom is 0.188 e. The quantitative estimate of drug-likeness (QED) is 0.915. The predicted molar refractivity (Wildman–Crippen MR) is 69.0 cm³/mol. The lowest BCUT2D eigenvalue weighted by molar-refractivity contribution is 1.35. The Morgan fingerprint density at radius 3 is 2.94 bits per heavy atom. The first-order chi connectivity index (χ1) is 7.69. The van der Waals surface area contributed by atoms with Gasteiger partial charge in [-0.05, 0) is 30.7 Å². The van der Waals surface area contributed by atoms with Gasteiger partial charge in [0.2, 0.25) is 0 Å². The third kappa shape index (κ3) is 2.40. The van der Waals surface area contributed by atoms with Gasteiger partial charge in [-0.3, -0.25) is 0 Å². The molecule has 0 aliphatic heterocycles. The van der Waals surface area contributed by atoms with E-state index in [1.165, 1.54) is 11.3 Å². The average molecular weight is 294 g/mol. The Morgan fingerprint density at radius 2 is 2.31 bits per heavy atom. The fourth-order valence-electron chi connectivity index (χ4n) is 1.27. The van der Waals surface area contributed by atoms with Crippen LogP contribution in [0.1, 0.15) is 10.4 Å². The highest BCUT2D eigenvalue weighted by Crippen LogP contribution is 2.26. The van der Waals surface area contributed by atoms with Gasteiger partial charge in [0.25, 0.3) is 0 Å². The minimum Gasteiger partial charge on any atom is -0.331 e. The van der Waals surface area contributed by atoms with Crippen LogP contribution in [0.5, 0.6) is 0 Å². The number of aromatic nitrogens is 1. The van der Waals surface area contributed by atoms with Crippen molar-refractivity contribution in [1.82, 2.24) is 4.98 Å². The highest BCUT2D eigenvalue weighted by Gasteiger charge is 2.03. The molecule has 1 heterocycles. The minimum absolute atomic E-state index is 0.609. The fourth-order valence-corrected chi connectivity index (χ4v) is 2.37. The third-order valence-corrected chi connectivity index (χ3v) is 3.36. The molecule has 1 N–H and O–H groups in total. The molecule has 0 unspecified atom stereocenters. The van der Waals surface area contributed by atoms with Crippen molar-refractivity contribution < 1.29 is 0 Å². The number of nitriles is 1. The van der Waals surface area contributed by atoms with E-state index in [2.05, 4.69) is 32.3 Å². The minimum atomic E-state index is 0.609. The zero-order valence-corrected chi connectivity index (χ0v) is 10.9. The molecule has 0 bridgehead atoms.